The Morgan fingerprint density at radius 2 is 1.76 bits per heavy atom. The van der Waals surface area contributed by atoms with Crippen LogP contribution in [0, 0.1) is 0 Å². The Morgan fingerprint density at radius 1 is 1.03 bits per heavy atom. The molecule has 1 aromatic heterocycles. The Bertz CT molecular complexity index is 1030. The van der Waals surface area contributed by atoms with E-state index >= 15 is 0 Å². The molecule has 0 aliphatic carbocycles. The first-order valence-corrected chi connectivity index (χ1v) is 10.3. The molecule has 1 aliphatic heterocycles. The van der Waals surface area contributed by atoms with E-state index in [9.17, 15) is 14.7 Å². The van der Waals surface area contributed by atoms with E-state index in [1.165, 1.54) is 0 Å². The average Bonchev–Trinajstić information content (AvgIpc) is 3.07. The largest absolute Gasteiger partial charge is 0.378 e. The number of amides is 2. The molecule has 0 spiro atoms. The third-order valence-electron chi connectivity index (χ3n) is 5.20. The number of halogens is 1. The summed E-state index contributed by atoms with van der Waals surface area (Å²) in [7, 11) is 0. The molecule has 0 saturated carbocycles. The number of carbonyl (C=O) groups excluding carboxylic acids is 2. The Balaban J connectivity index is 1.42. The van der Waals surface area contributed by atoms with E-state index in [0.29, 0.717) is 43.7 Å². The van der Waals surface area contributed by atoms with Crippen molar-refractivity contribution in [1.82, 2.24) is 20.0 Å². The molecule has 1 fully saturated rings. The van der Waals surface area contributed by atoms with Crippen molar-refractivity contribution in [2.75, 3.05) is 26.2 Å². The second kappa shape index (κ2) is 8.34. The molecule has 2 heterocycles. The predicted octanol–water partition coefficient (Wildman–Crippen LogP) is 2.73. The summed E-state index contributed by atoms with van der Waals surface area (Å²) >= 11 is 3.35. The number of nitrogens with zero attached hydrogens (tertiary/aromatic N) is 3. The van der Waals surface area contributed by atoms with Crippen LogP contribution in [0.3, 0.4) is 0 Å². The van der Waals surface area contributed by atoms with Crippen molar-refractivity contribution in [1.29, 1.82) is 0 Å². The minimum Gasteiger partial charge on any atom is -0.378 e. The Labute approximate surface area is 176 Å². The number of rotatable bonds is 3. The second-order valence-electron chi connectivity index (χ2n) is 7.10. The Morgan fingerprint density at radius 3 is 2.55 bits per heavy atom. The fourth-order valence-electron chi connectivity index (χ4n) is 3.56. The van der Waals surface area contributed by atoms with Crippen LogP contribution in [0.5, 0.6) is 0 Å². The van der Waals surface area contributed by atoms with E-state index < -0.39 is 6.10 Å². The van der Waals surface area contributed by atoms with Gasteiger partial charge in [0.15, 0.2) is 6.10 Å². The number of aromatic amines is 1. The van der Waals surface area contributed by atoms with Crippen LogP contribution in [-0.2, 0) is 4.79 Å². The van der Waals surface area contributed by atoms with Gasteiger partial charge in [0.1, 0.15) is 0 Å². The van der Waals surface area contributed by atoms with Gasteiger partial charge in [0.05, 0.1) is 11.7 Å². The molecule has 7 nitrogen and oxygen atoms in total. The topological polar surface area (TPSA) is 89.5 Å². The normalized spacial score (nSPS) is 15.9. The Hall–Kier alpha value is -2.71. The molecule has 2 N–H and O–H groups in total. The molecule has 1 aliphatic rings. The van der Waals surface area contributed by atoms with Crippen molar-refractivity contribution in [2.24, 2.45) is 0 Å². The van der Waals surface area contributed by atoms with Gasteiger partial charge in [0.25, 0.3) is 11.8 Å². The lowest BCUT2D eigenvalue weighted by molar-refractivity contribution is -0.140. The van der Waals surface area contributed by atoms with Crippen LogP contribution < -0.4 is 0 Å². The van der Waals surface area contributed by atoms with Gasteiger partial charge in [-0.25, -0.2) is 0 Å². The third-order valence-corrected chi connectivity index (χ3v) is 5.73. The summed E-state index contributed by atoms with van der Waals surface area (Å²) in [6.07, 6.45) is 1.16. The highest BCUT2D eigenvalue weighted by atomic mass is 79.9. The number of H-pyrrole nitrogens is 1. The highest BCUT2D eigenvalue weighted by Crippen LogP contribution is 2.20. The monoisotopic (exact) mass is 456 g/mol. The molecule has 4 rings (SSSR count). The Kier molecular flexibility index (Phi) is 5.64. The second-order valence-corrected chi connectivity index (χ2v) is 8.01. The molecular formula is C21H21BrN4O3. The summed E-state index contributed by atoms with van der Waals surface area (Å²) in [5.74, 6) is -0.391. The summed E-state index contributed by atoms with van der Waals surface area (Å²) in [5.41, 5.74) is 2.05. The molecule has 0 bridgehead atoms. The molecule has 0 radical (unpaired) electrons. The van der Waals surface area contributed by atoms with Crippen molar-refractivity contribution < 1.29 is 14.7 Å². The maximum Gasteiger partial charge on any atom is 0.256 e. The first kappa shape index (κ1) is 19.6. The smallest absolute Gasteiger partial charge is 0.256 e. The number of benzene rings is 2. The molecule has 29 heavy (non-hydrogen) atoms. The summed E-state index contributed by atoms with van der Waals surface area (Å²) in [5, 5.41) is 18.2. The zero-order valence-corrected chi connectivity index (χ0v) is 17.3. The van der Waals surface area contributed by atoms with Gasteiger partial charge in [-0.15, -0.1) is 0 Å². The van der Waals surface area contributed by atoms with Crippen molar-refractivity contribution in [3.63, 3.8) is 0 Å². The zero-order valence-electron chi connectivity index (χ0n) is 15.7. The fourth-order valence-corrected chi connectivity index (χ4v) is 3.82. The van der Waals surface area contributed by atoms with E-state index in [0.717, 1.165) is 15.4 Å². The van der Waals surface area contributed by atoms with Gasteiger partial charge >= 0.3 is 0 Å². The lowest BCUT2D eigenvalue weighted by atomic mass is 10.1. The molecule has 1 unspecified atom stereocenters. The maximum atomic E-state index is 12.9. The van der Waals surface area contributed by atoms with Crippen LogP contribution in [0.2, 0.25) is 0 Å². The molecule has 1 saturated heterocycles. The van der Waals surface area contributed by atoms with Crippen molar-refractivity contribution in [2.45, 2.75) is 12.5 Å². The van der Waals surface area contributed by atoms with Crippen LogP contribution in [0.15, 0.2) is 53.1 Å². The zero-order chi connectivity index (χ0) is 20.4. The highest BCUT2D eigenvalue weighted by molar-refractivity contribution is 9.10. The van der Waals surface area contributed by atoms with Gasteiger partial charge < -0.3 is 14.9 Å². The minimum absolute atomic E-state index is 0.0594. The number of hydrogen-bond donors (Lipinski definition) is 2. The van der Waals surface area contributed by atoms with E-state index in [1.807, 2.05) is 12.1 Å². The van der Waals surface area contributed by atoms with Crippen molar-refractivity contribution >= 4 is 38.6 Å². The van der Waals surface area contributed by atoms with Crippen LogP contribution in [0.1, 0.15) is 28.4 Å². The van der Waals surface area contributed by atoms with Gasteiger partial charge in [-0.3, -0.25) is 14.7 Å². The minimum atomic E-state index is -1.20. The summed E-state index contributed by atoms with van der Waals surface area (Å²) in [6, 6.07) is 12.5. The molecule has 2 aromatic carbocycles. The van der Waals surface area contributed by atoms with Crippen molar-refractivity contribution in [3.05, 3.63) is 64.3 Å². The predicted molar refractivity (Wildman–Crippen MR) is 112 cm³/mol. The molecule has 2 amide bonds. The van der Waals surface area contributed by atoms with Crippen LogP contribution >= 0.6 is 15.9 Å². The van der Waals surface area contributed by atoms with E-state index in [2.05, 4.69) is 26.1 Å². The lowest BCUT2D eigenvalue weighted by Crippen LogP contribution is -2.39. The number of aliphatic hydroxyl groups excluding tert-OH is 1. The van der Waals surface area contributed by atoms with Gasteiger partial charge in [-0.1, -0.05) is 28.1 Å². The van der Waals surface area contributed by atoms with Crippen LogP contribution in [0.4, 0.5) is 0 Å². The quantitative estimate of drug-likeness (QED) is 0.633. The number of hydrogen-bond acceptors (Lipinski definition) is 4. The van der Waals surface area contributed by atoms with Crippen molar-refractivity contribution in [3.8, 4) is 0 Å². The molecule has 8 heteroatoms. The molecule has 150 valence electrons. The van der Waals surface area contributed by atoms with E-state index in [-0.39, 0.29) is 11.8 Å². The van der Waals surface area contributed by atoms with E-state index in [4.69, 9.17) is 0 Å². The number of carbonyl (C=O) groups is 2. The van der Waals surface area contributed by atoms with Gasteiger partial charge in [0, 0.05) is 41.6 Å². The number of fused-ring (bicyclic) bond motifs is 1. The first-order chi connectivity index (χ1) is 14.0. The van der Waals surface area contributed by atoms with Gasteiger partial charge in [-0.2, -0.15) is 5.10 Å². The molecule has 3 aromatic rings. The molecular weight excluding hydrogens is 436 g/mol. The fraction of sp³-hybridized carbons (Fsp3) is 0.286. The van der Waals surface area contributed by atoms with E-state index in [1.54, 1.807) is 46.3 Å². The number of aromatic nitrogens is 2. The summed E-state index contributed by atoms with van der Waals surface area (Å²) < 4.78 is 0.887. The third kappa shape index (κ3) is 4.18. The maximum absolute atomic E-state index is 12.9. The SMILES string of the molecule is O=C(c1ccc2[nH]ncc2c1)N1CCCN(C(=O)C(O)c2ccc(Br)cc2)CC1. The van der Waals surface area contributed by atoms with Crippen LogP contribution in [-0.4, -0.2) is 63.1 Å². The first-order valence-electron chi connectivity index (χ1n) is 9.47. The lowest BCUT2D eigenvalue weighted by Gasteiger charge is -2.24. The average molecular weight is 457 g/mol. The summed E-state index contributed by atoms with van der Waals surface area (Å²) in [6.45, 7) is 1.91. The van der Waals surface area contributed by atoms with Gasteiger partial charge in [0.2, 0.25) is 0 Å². The summed E-state index contributed by atoms with van der Waals surface area (Å²) in [4.78, 5) is 29.1. The van der Waals surface area contributed by atoms with Crippen LogP contribution in [0.25, 0.3) is 10.9 Å². The van der Waals surface area contributed by atoms with Gasteiger partial charge in [-0.05, 0) is 42.3 Å². The standard InChI is InChI=1S/C21H21BrN4O3/c22-17-5-2-14(3-6-17)19(27)21(29)26-9-1-8-25(10-11-26)20(28)15-4-7-18-16(12-15)13-23-24-18/h2-7,12-13,19,27H,1,8-11H2,(H,23,24). The number of nitrogens with one attached hydrogen (secondary N) is 1. The number of aliphatic hydroxyl groups is 1. The highest BCUT2D eigenvalue weighted by Gasteiger charge is 2.27. The molecule has 1 atom stereocenters.